The number of thioether (sulfide) groups is 1. The Labute approximate surface area is 267 Å². The molecule has 5 rings (SSSR count). The molecule has 0 bridgehead atoms. The summed E-state index contributed by atoms with van der Waals surface area (Å²) in [6, 6.07) is 16.5. The van der Waals surface area contributed by atoms with Crippen molar-refractivity contribution >= 4 is 48.0 Å². The molecule has 2 atom stereocenters. The van der Waals surface area contributed by atoms with Crippen LogP contribution in [0.3, 0.4) is 0 Å². The molecule has 2 unspecified atom stereocenters. The van der Waals surface area contributed by atoms with Crippen molar-refractivity contribution in [1.29, 1.82) is 0 Å². The number of anilines is 1. The highest BCUT2D eigenvalue weighted by atomic mass is 35.5. The number of hydrogen-bond acceptors (Lipinski definition) is 6. The van der Waals surface area contributed by atoms with Crippen LogP contribution in [0.25, 0.3) is 11.1 Å². The minimum absolute atomic E-state index is 0.0295. The van der Waals surface area contributed by atoms with Crippen molar-refractivity contribution in [2.24, 2.45) is 0 Å². The number of carbonyl (C=O) groups is 3. The van der Waals surface area contributed by atoms with E-state index in [9.17, 15) is 13.6 Å². The first-order valence-corrected chi connectivity index (χ1v) is 15.7. The Bertz CT molecular complexity index is 1420. The Kier molecular flexibility index (Phi) is 13.2. The zero-order chi connectivity index (χ0) is 32.4. The first kappa shape index (κ1) is 35.1. The molecule has 1 aliphatic heterocycles. The molecule has 0 N–H and O–H groups in total. The Hall–Kier alpha value is -3.43. The Morgan fingerprint density at radius 1 is 1.00 bits per heavy atom. The molecule has 1 saturated carbocycles. The molecule has 0 aromatic heterocycles. The lowest BCUT2D eigenvalue weighted by molar-refractivity contribution is -0.134. The lowest BCUT2D eigenvalue weighted by atomic mass is 9.93. The maximum absolute atomic E-state index is 14.6. The molecule has 44 heavy (non-hydrogen) atoms. The Balaban J connectivity index is 0.000000997. The van der Waals surface area contributed by atoms with Gasteiger partial charge in [-0.15, -0.1) is 23.4 Å². The topological polar surface area (TPSA) is 66.9 Å². The SMILES string of the molecule is C=O.CC=O.COc1ccc(-c2ccc(N(C)C)cc2)cc1CN(C(=O)C1Sc2c(F)ccc(F)c2C1Cl)C1CCCCC1. The summed E-state index contributed by atoms with van der Waals surface area (Å²) in [4.78, 5) is 35.0. The van der Waals surface area contributed by atoms with Gasteiger partial charge in [-0.3, -0.25) is 4.79 Å². The number of benzene rings is 3. The first-order chi connectivity index (χ1) is 21.2. The molecule has 3 aromatic carbocycles. The highest BCUT2D eigenvalue weighted by Crippen LogP contribution is 2.51. The van der Waals surface area contributed by atoms with Gasteiger partial charge in [0.25, 0.3) is 0 Å². The van der Waals surface area contributed by atoms with E-state index in [1.807, 2.05) is 37.9 Å². The number of rotatable bonds is 7. The van der Waals surface area contributed by atoms with Gasteiger partial charge in [-0.2, -0.15) is 0 Å². The van der Waals surface area contributed by atoms with Gasteiger partial charge in [0.15, 0.2) is 0 Å². The molecule has 1 fully saturated rings. The van der Waals surface area contributed by atoms with Crippen LogP contribution in [0.5, 0.6) is 5.75 Å². The van der Waals surface area contributed by atoms with Crippen molar-refractivity contribution < 1.29 is 27.9 Å². The molecule has 1 aliphatic carbocycles. The van der Waals surface area contributed by atoms with Crippen LogP contribution in [0, 0.1) is 11.6 Å². The largest absolute Gasteiger partial charge is 0.496 e. The lowest BCUT2D eigenvalue weighted by Gasteiger charge is -2.36. The van der Waals surface area contributed by atoms with Gasteiger partial charge >= 0.3 is 0 Å². The van der Waals surface area contributed by atoms with Gasteiger partial charge in [-0.05, 0) is 67.3 Å². The molecule has 236 valence electrons. The molecule has 3 aromatic rings. The van der Waals surface area contributed by atoms with Crippen molar-refractivity contribution in [2.45, 2.75) is 67.1 Å². The number of ether oxygens (including phenoxy) is 1. The lowest BCUT2D eigenvalue weighted by Crippen LogP contribution is -2.45. The zero-order valence-corrected chi connectivity index (χ0v) is 27.1. The second-order valence-electron chi connectivity index (χ2n) is 10.7. The standard InChI is InChI=1S/C31H33ClF2N2O2S.C2H4O.CH2O/c1-35(2)22-12-9-19(10-13-22)20-11-16-26(38-3)21(17-20)18-36(23-7-5-4-6-8-23)31(37)30-28(32)27-24(33)14-15-25(34)29(27)39-30;1-2-3;1-2/h9-17,23,28,30H,4-8,18H2,1-3H3;2H,1H3;1H2. The quantitative estimate of drug-likeness (QED) is 0.193. The van der Waals surface area contributed by atoms with E-state index < -0.39 is 22.3 Å². The van der Waals surface area contributed by atoms with Gasteiger partial charge in [0.2, 0.25) is 5.91 Å². The van der Waals surface area contributed by atoms with E-state index in [-0.39, 0.29) is 22.4 Å². The molecule has 1 amide bonds. The number of halogens is 3. The molecule has 6 nitrogen and oxygen atoms in total. The third-order valence-electron chi connectivity index (χ3n) is 7.76. The van der Waals surface area contributed by atoms with Crippen LogP contribution in [-0.4, -0.2) is 56.4 Å². The third kappa shape index (κ3) is 7.99. The van der Waals surface area contributed by atoms with E-state index in [0.29, 0.717) is 12.3 Å². The van der Waals surface area contributed by atoms with E-state index >= 15 is 0 Å². The summed E-state index contributed by atoms with van der Waals surface area (Å²) in [5.41, 5.74) is 4.17. The average molecular weight is 645 g/mol. The number of nitrogens with zero attached hydrogens (tertiary/aromatic N) is 2. The number of methoxy groups -OCH3 is 1. The van der Waals surface area contributed by atoms with Gasteiger partial charge < -0.3 is 24.1 Å². The summed E-state index contributed by atoms with van der Waals surface area (Å²) in [5, 5.41) is -1.74. The maximum atomic E-state index is 14.6. The number of aldehydes is 1. The van der Waals surface area contributed by atoms with Gasteiger partial charge in [0, 0.05) is 43.5 Å². The van der Waals surface area contributed by atoms with E-state index in [1.54, 1.807) is 7.11 Å². The number of hydrogen-bond donors (Lipinski definition) is 0. The molecule has 2 aliphatic rings. The van der Waals surface area contributed by atoms with Crippen LogP contribution in [0.2, 0.25) is 0 Å². The van der Waals surface area contributed by atoms with E-state index in [4.69, 9.17) is 25.9 Å². The van der Waals surface area contributed by atoms with Crippen LogP contribution in [0.15, 0.2) is 59.5 Å². The Morgan fingerprint density at radius 2 is 1.59 bits per heavy atom. The fraction of sp³-hybridized carbons (Fsp3) is 0.382. The first-order valence-electron chi connectivity index (χ1n) is 14.4. The van der Waals surface area contributed by atoms with Crippen LogP contribution in [-0.2, 0) is 20.9 Å². The highest BCUT2D eigenvalue weighted by molar-refractivity contribution is 8.01. The normalized spacial score (nSPS) is 17.2. The molecular weight excluding hydrogens is 606 g/mol. The second-order valence-corrected chi connectivity index (χ2v) is 12.3. The van der Waals surface area contributed by atoms with Crippen LogP contribution in [0.1, 0.15) is 55.5 Å². The van der Waals surface area contributed by atoms with E-state index in [0.717, 1.165) is 84.7 Å². The van der Waals surface area contributed by atoms with E-state index in [1.165, 1.54) is 6.92 Å². The van der Waals surface area contributed by atoms with E-state index in [2.05, 4.69) is 35.2 Å². The van der Waals surface area contributed by atoms with Crippen LogP contribution in [0.4, 0.5) is 14.5 Å². The Morgan fingerprint density at radius 3 is 2.16 bits per heavy atom. The summed E-state index contributed by atoms with van der Waals surface area (Å²) in [5.74, 6) is -0.617. The van der Waals surface area contributed by atoms with Gasteiger partial charge in [0.05, 0.1) is 17.4 Å². The summed E-state index contributed by atoms with van der Waals surface area (Å²) in [7, 11) is 5.64. The van der Waals surface area contributed by atoms with Crippen LogP contribution >= 0.6 is 23.4 Å². The smallest absolute Gasteiger partial charge is 0.238 e. The summed E-state index contributed by atoms with van der Waals surface area (Å²) >= 11 is 7.70. The second kappa shape index (κ2) is 16.6. The predicted molar refractivity (Wildman–Crippen MR) is 174 cm³/mol. The molecule has 1 heterocycles. The van der Waals surface area contributed by atoms with Crippen molar-refractivity contribution in [3.8, 4) is 16.9 Å². The third-order valence-corrected chi connectivity index (χ3v) is 9.76. The van der Waals surface area contributed by atoms with Crippen molar-refractivity contribution in [2.75, 3.05) is 26.1 Å². The fourth-order valence-electron chi connectivity index (χ4n) is 5.60. The van der Waals surface area contributed by atoms with Crippen molar-refractivity contribution in [1.82, 2.24) is 4.90 Å². The molecule has 0 saturated heterocycles. The summed E-state index contributed by atoms with van der Waals surface area (Å²) in [6.07, 6.45) is 5.74. The number of alkyl halides is 1. The van der Waals surface area contributed by atoms with Gasteiger partial charge in [-0.1, -0.05) is 37.5 Å². The minimum atomic E-state index is -0.942. The van der Waals surface area contributed by atoms with Gasteiger partial charge in [0.1, 0.15) is 35.7 Å². The van der Waals surface area contributed by atoms with Gasteiger partial charge in [-0.25, -0.2) is 8.78 Å². The molecule has 0 spiro atoms. The molecule has 0 radical (unpaired) electrons. The number of carbonyl (C=O) groups excluding carboxylic acids is 3. The monoisotopic (exact) mass is 644 g/mol. The average Bonchev–Trinajstić information content (AvgIpc) is 3.41. The molecule has 10 heteroatoms. The highest BCUT2D eigenvalue weighted by Gasteiger charge is 2.44. The predicted octanol–water partition coefficient (Wildman–Crippen LogP) is 7.84. The maximum Gasteiger partial charge on any atom is 0.238 e. The molecular formula is C34H39ClF2N2O4S. The fourth-order valence-corrected chi connectivity index (χ4v) is 7.42. The summed E-state index contributed by atoms with van der Waals surface area (Å²) < 4.78 is 34.9. The van der Waals surface area contributed by atoms with Crippen LogP contribution < -0.4 is 9.64 Å². The number of fused-ring (bicyclic) bond motifs is 1. The zero-order valence-electron chi connectivity index (χ0n) is 25.5. The van der Waals surface area contributed by atoms with Crippen molar-refractivity contribution in [3.63, 3.8) is 0 Å². The van der Waals surface area contributed by atoms with Crippen molar-refractivity contribution in [3.05, 3.63) is 77.4 Å². The number of amides is 1. The minimum Gasteiger partial charge on any atom is -0.496 e. The summed E-state index contributed by atoms with van der Waals surface area (Å²) in [6.45, 7) is 3.78.